The molecular weight excluding hydrogens is 516 g/mol. The van der Waals surface area contributed by atoms with Crippen molar-refractivity contribution in [1.82, 2.24) is 14.2 Å². The molecule has 3 rings (SSSR count). The van der Waals surface area contributed by atoms with E-state index in [2.05, 4.69) is 31.7 Å². The maximum atomic E-state index is 13.7. The van der Waals surface area contributed by atoms with E-state index < -0.39 is 10.0 Å². The summed E-state index contributed by atoms with van der Waals surface area (Å²) in [5.74, 6) is -0.183. The first-order chi connectivity index (χ1) is 16.7. The topological polar surface area (TPSA) is 73.8 Å². The second-order valence-electron chi connectivity index (χ2n) is 8.52. The van der Waals surface area contributed by atoms with Crippen molar-refractivity contribution >= 4 is 55.0 Å². The van der Waals surface area contributed by atoms with E-state index in [4.69, 9.17) is 4.98 Å². The molecule has 10 heteroatoms. The molecular formula is C26H37ClN4O3S2. The molecule has 1 amide bonds. The number of likely N-dealkylation sites (N-methyl/N-ethyl adjacent to an activating group) is 1. The molecule has 0 aliphatic carbocycles. The zero-order valence-corrected chi connectivity index (χ0v) is 24.4. The average molecular weight is 553 g/mol. The number of nitrogens with zero attached hydrogens (tertiary/aromatic N) is 4. The Morgan fingerprint density at radius 3 is 2.08 bits per heavy atom. The van der Waals surface area contributed by atoms with Crippen LogP contribution in [-0.2, 0) is 10.0 Å². The maximum absolute atomic E-state index is 13.7. The highest BCUT2D eigenvalue weighted by Gasteiger charge is 2.25. The molecule has 0 spiro atoms. The third-order valence-corrected chi connectivity index (χ3v) is 9.56. The minimum atomic E-state index is -3.58. The molecule has 198 valence electrons. The quantitative estimate of drug-likeness (QED) is 0.320. The van der Waals surface area contributed by atoms with Crippen LogP contribution in [0.25, 0.3) is 10.2 Å². The van der Waals surface area contributed by atoms with Gasteiger partial charge in [-0.3, -0.25) is 9.69 Å². The summed E-state index contributed by atoms with van der Waals surface area (Å²) < 4.78 is 28.2. The fourth-order valence-corrected chi connectivity index (χ4v) is 6.68. The van der Waals surface area contributed by atoms with Gasteiger partial charge in [0.15, 0.2) is 5.13 Å². The van der Waals surface area contributed by atoms with Crippen LogP contribution in [0, 0.1) is 13.8 Å². The van der Waals surface area contributed by atoms with Gasteiger partial charge in [-0.05, 0) is 68.4 Å². The third-order valence-electron chi connectivity index (χ3n) is 6.26. The van der Waals surface area contributed by atoms with Gasteiger partial charge in [-0.25, -0.2) is 13.4 Å². The number of aromatic nitrogens is 1. The fourth-order valence-electron chi connectivity index (χ4n) is 4.18. The number of thiazole rings is 1. The van der Waals surface area contributed by atoms with Gasteiger partial charge in [0, 0.05) is 31.7 Å². The van der Waals surface area contributed by atoms with Gasteiger partial charge < -0.3 is 4.90 Å². The van der Waals surface area contributed by atoms with Gasteiger partial charge in [0.1, 0.15) is 0 Å². The number of hydrogen-bond acceptors (Lipinski definition) is 6. The van der Waals surface area contributed by atoms with E-state index in [1.54, 1.807) is 17.0 Å². The summed E-state index contributed by atoms with van der Waals surface area (Å²) in [5, 5.41) is 0.658. The van der Waals surface area contributed by atoms with Crippen molar-refractivity contribution in [2.24, 2.45) is 0 Å². The Morgan fingerprint density at radius 2 is 1.53 bits per heavy atom. The van der Waals surface area contributed by atoms with Crippen LogP contribution in [-0.4, -0.2) is 67.8 Å². The molecule has 3 aromatic rings. The van der Waals surface area contributed by atoms with Crippen LogP contribution < -0.4 is 4.90 Å². The predicted molar refractivity (Wildman–Crippen MR) is 152 cm³/mol. The van der Waals surface area contributed by atoms with Crippen molar-refractivity contribution in [2.75, 3.05) is 44.2 Å². The first-order valence-corrected chi connectivity index (χ1v) is 14.4. The molecule has 0 saturated heterocycles. The molecule has 7 nitrogen and oxygen atoms in total. The summed E-state index contributed by atoms with van der Waals surface area (Å²) in [6, 6.07) is 10.4. The Kier molecular flexibility index (Phi) is 10.9. The molecule has 0 saturated carbocycles. The number of carbonyl (C=O) groups is 1. The van der Waals surface area contributed by atoms with Gasteiger partial charge in [0.2, 0.25) is 10.0 Å². The minimum absolute atomic E-state index is 0. The monoisotopic (exact) mass is 552 g/mol. The number of fused-ring (bicyclic) bond motifs is 1. The SMILES string of the molecule is CCN(CC)CCN(C(=O)c1ccc(S(=O)(=O)N(CC)CC)cc1)c1nc2cc(C)cc(C)c2s1.Cl. The highest BCUT2D eigenvalue weighted by atomic mass is 35.5. The Balaban J connectivity index is 0.00000456. The highest BCUT2D eigenvalue weighted by molar-refractivity contribution is 7.89. The number of hydrogen-bond donors (Lipinski definition) is 0. The summed E-state index contributed by atoms with van der Waals surface area (Å²) in [5.41, 5.74) is 3.61. The zero-order chi connectivity index (χ0) is 25.8. The molecule has 0 aliphatic rings. The van der Waals surface area contributed by atoms with Crippen LogP contribution in [0.4, 0.5) is 5.13 Å². The predicted octanol–water partition coefficient (Wildman–Crippen LogP) is 5.35. The standard InChI is InChI=1S/C26H36N4O3S2.ClH/c1-7-28(8-2)15-16-30(26-27-23-18-19(5)17-20(6)24(23)34-26)25(31)21-11-13-22(14-12-21)35(32,33)29(9-3)10-4;/h11-14,17-18H,7-10,15-16H2,1-6H3;1H. The van der Waals surface area contributed by atoms with Crippen molar-refractivity contribution in [3.63, 3.8) is 0 Å². The van der Waals surface area contributed by atoms with Gasteiger partial charge in [0.05, 0.1) is 15.1 Å². The summed E-state index contributed by atoms with van der Waals surface area (Å²) >= 11 is 1.52. The van der Waals surface area contributed by atoms with E-state index in [0.717, 1.165) is 41.0 Å². The van der Waals surface area contributed by atoms with Gasteiger partial charge in [-0.15, -0.1) is 12.4 Å². The number of aryl methyl sites for hydroxylation is 2. The van der Waals surface area contributed by atoms with E-state index in [1.165, 1.54) is 27.8 Å². The van der Waals surface area contributed by atoms with Crippen LogP contribution in [0.2, 0.25) is 0 Å². The van der Waals surface area contributed by atoms with E-state index in [1.807, 2.05) is 26.8 Å². The highest BCUT2D eigenvalue weighted by Crippen LogP contribution is 2.33. The largest absolute Gasteiger partial charge is 0.302 e. The van der Waals surface area contributed by atoms with Gasteiger partial charge in [-0.2, -0.15) is 4.31 Å². The van der Waals surface area contributed by atoms with Crippen molar-refractivity contribution in [1.29, 1.82) is 0 Å². The normalized spacial score (nSPS) is 11.8. The molecule has 0 radical (unpaired) electrons. The molecule has 1 aromatic heterocycles. The number of anilines is 1. The van der Waals surface area contributed by atoms with Crippen LogP contribution in [0.15, 0.2) is 41.3 Å². The molecule has 2 aromatic carbocycles. The molecule has 0 fully saturated rings. The van der Waals surface area contributed by atoms with E-state index >= 15 is 0 Å². The molecule has 1 heterocycles. The van der Waals surface area contributed by atoms with Crippen molar-refractivity contribution in [3.8, 4) is 0 Å². The van der Waals surface area contributed by atoms with Crippen molar-refractivity contribution < 1.29 is 13.2 Å². The van der Waals surface area contributed by atoms with Crippen molar-refractivity contribution in [2.45, 2.75) is 46.4 Å². The second kappa shape index (κ2) is 13.0. The van der Waals surface area contributed by atoms with E-state index in [0.29, 0.717) is 30.3 Å². The molecule has 0 bridgehead atoms. The Labute approximate surface area is 225 Å². The smallest absolute Gasteiger partial charge is 0.260 e. The number of amides is 1. The molecule has 0 aliphatic heterocycles. The van der Waals surface area contributed by atoms with Gasteiger partial charge in [0.25, 0.3) is 5.91 Å². The third kappa shape index (κ3) is 6.44. The number of benzene rings is 2. The minimum Gasteiger partial charge on any atom is -0.302 e. The lowest BCUT2D eigenvalue weighted by Crippen LogP contribution is -2.39. The summed E-state index contributed by atoms with van der Waals surface area (Å²) in [6.07, 6.45) is 0. The summed E-state index contributed by atoms with van der Waals surface area (Å²) in [7, 11) is -3.58. The number of halogens is 1. The van der Waals surface area contributed by atoms with E-state index in [-0.39, 0.29) is 23.2 Å². The van der Waals surface area contributed by atoms with Crippen molar-refractivity contribution in [3.05, 3.63) is 53.1 Å². The first-order valence-electron chi connectivity index (χ1n) is 12.2. The van der Waals surface area contributed by atoms with Crippen LogP contribution in [0.1, 0.15) is 49.2 Å². The summed E-state index contributed by atoms with van der Waals surface area (Å²) in [4.78, 5) is 22.7. The first kappa shape index (κ1) is 30.2. The molecule has 0 N–H and O–H groups in total. The average Bonchev–Trinajstić information content (AvgIpc) is 3.26. The van der Waals surface area contributed by atoms with Crippen LogP contribution in [0.5, 0.6) is 0 Å². The molecule has 36 heavy (non-hydrogen) atoms. The van der Waals surface area contributed by atoms with Crippen LogP contribution >= 0.6 is 23.7 Å². The lowest BCUT2D eigenvalue weighted by Gasteiger charge is -2.25. The Hall–Kier alpha value is -2.04. The number of rotatable bonds is 11. The fraction of sp³-hybridized carbons (Fsp3) is 0.462. The Bertz CT molecular complexity index is 1270. The Morgan fingerprint density at radius 1 is 0.917 bits per heavy atom. The maximum Gasteiger partial charge on any atom is 0.260 e. The zero-order valence-electron chi connectivity index (χ0n) is 21.9. The summed E-state index contributed by atoms with van der Waals surface area (Å²) in [6.45, 7) is 15.8. The number of carbonyl (C=O) groups excluding carboxylic acids is 1. The number of sulfonamides is 1. The van der Waals surface area contributed by atoms with Gasteiger partial charge in [-0.1, -0.05) is 45.1 Å². The lowest BCUT2D eigenvalue weighted by molar-refractivity contribution is 0.0983. The molecule has 0 atom stereocenters. The molecule has 0 unspecified atom stereocenters. The van der Waals surface area contributed by atoms with Gasteiger partial charge >= 0.3 is 0 Å². The van der Waals surface area contributed by atoms with Crippen LogP contribution in [0.3, 0.4) is 0 Å². The lowest BCUT2D eigenvalue weighted by atomic mass is 10.1. The van der Waals surface area contributed by atoms with E-state index in [9.17, 15) is 13.2 Å². The second-order valence-corrected chi connectivity index (χ2v) is 11.4.